The van der Waals surface area contributed by atoms with Gasteiger partial charge in [-0.3, -0.25) is 4.68 Å². The van der Waals surface area contributed by atoms with Gasteiger partial charge >= 0.3 is 12.1 Å². The summed E-state index contributed by atoms with van der Waals surface area (Å²) in [4.78, 5) is 11.0. The van der Waals surface area contributed by atoms with Crippen molar-refractivity contribution in [3.63, 3.8) is 0 Å². The third kappa shape index (κ3) is 3.64. The van der Waals surface area contributed by atoms with E-state index in [2.05, 4.69) is 10.4 Å². The smallest absolute Gasteiger partial charge is 0.389 e. The Kier molecular flexibility index (Phi) is 4.20. The molecule has 18 heavy (non-hydrogen) atoms. The van der Waals surface area contributed by atoms with Crippen LogP contribution in [0.5, 0.6) is 0 Å². The summed E-state index contributed by atoms with van der Waals surface area (Å²) < 4.78 is 37.1. The Morgan fingerprint density at radius 2 is 2.11 bits per heavy atom. The molecule has 0 fully saturated rings. The van der Waals surface area contributed by atoms with Gasteiger partial charge < -0.3 is 10.4 Å². The third-order valence-corrected chi connectivity index (χ3v) is 2.37. The highest BCUT2D eigenvalue weighted by molar-refractivity contribution is 5.94. The molecule has 1 aromatic rings. The highest BCUT2D eigenvalue weighted by atomic mass is 19.4. The lowest BCUT2D eigenvalue weighted by molar-refractivity contribution is -0.134. The molecule has 0 aliphatic heterocycles. The Morgan fingerprint density at radius 3 is 2.61 bits per heavy atom. The number of aromatic nitrogens is 2. The van der Waals surface area contributed by atoms with Gasteiger partial charge in [0.2, 0.25) is 0 Å². The molecular weight excluding hydrogens is 251 g/mol. The first-order valence-electron chi connectivity index (χ1n) is 5.30. The second-order valence-corrected chi connectivity index (χ2v) is 3.88. The van der Waals surface area contributed by atoms with Gasteiger partial charge in [0.25, 0.3) is 0 Å². The molecule has 0 aromatic carbocycles. The molecule has 2 N–H and O–H groups in total. The highest BCUT2D eigenvalue weighted by Crippen LogP contribution is 2.22. The van der Waals surface area contributed by atoms with Crippen LogP contribution in [0.1, 0.15) is 28.9 Å². The Bertz CT molecular complexity index is 440. The van der Waals surface area contributed by atoms with Gasteiger partial charge in [0, 0.05) is 20.0 Å². The molecule has 0 amide bonds. The third-order valence-electron chi connectivity index (χ3n) is 2.37. The van der Waals surface area contributed by atoms with E-state index in [1.54, 1.807) is 0 Å². The zero-order valence-electron chi connectivity index (χ0n) is 10.0. The molecule has 0 saturated heterocycles. The summed E-state index contributed by atoms with van der Waals surface area (Å²) >= 11 is 0. The van der Waals surface area contributed by atoms with E-state index in [0.29, 0.717) is 5.69 Å². The monoisotopic (exact) mass is 265 g/mol. The minimum atomic E-state index is -4.19. The first kappa shape index (κ1) is 14.3. The van der Waals surface area contributed by atoms with Crippen molar-refractivity contribution in [3.05, 3.63) is 11.3 Å². The van der Waals surface area contributed by atoms with Crippen LogP contribution < -0.4 is 5.32 Å². The Hall–Kier alpha value is -1.73. The van der Waals surface area contributed by atoms with Crippen molar-refractivity contribution in [1.82, 2.24) is 9.78 Å². The van der Waals surface area contributed by atoms with E-state index >= 15 is 0 Å². The number of carbonyl (C=O) groups is 1. The second-order valence-electron chi connectivity index (χ2n) is 3.88. The average Bonchev–Trinajstić information content (AvgIpc) is 2.46. The zero-order chi connectivity index (χ0) is 13.9. The molecule has 0 bridgehead atoms. The van der Waals surface area contributed by atoms with Gasteiger partial charge in [0.05, 0.1) is 5.69 Å². The minimum absolute atomic E-state index is 0.00971. The quantitative estimate of drug-likeness (QED) is 0.801. The van der Waals surface area contributed by atoms with Crippen LogP contribution >= 0.6 is 0 Å². The first-order chi connectivity index (χ1) is 8.22. The number of halogens is 3. The highest BCUT2D eigenvalue weighted by Gasteiger charge is 2.26. The van der Waals surface area contributed by atoms with Crippen LogP contribution in [-0.2, 0) is 7.05 Å². The van der Waals surface area contributed by atoms with Gasteiger partial charge in [0.1, 0.15) is 11.4 Å². The van der Waals surface area contributed by atoms with Crippen molar-refractivity contribution in [3.8, 4) is 0 Å². The summed E-state index contributed by atoms with van der Waals surface area (Å²) in [5.74, 6) is -0.930. The molecule has 0 spiro atoms. The number of aromatic carboxylic acids is 1. The summed E-state index contributed by atoms with van der Waals surface area (Å²) in [5.41, 5.74) is 0.313. The second kappa shape index (κ2) is 5.28. The Labute approximate surface area is 102 Å². The topological polar surface area (TPSA) is 67.2 Å². The van der Waals surface area contributed by atoms with E-state index in [-0.39, 0.29) is 24.3 Å². The Balaban J connectivity index is 2.65. The summed E-state index contributed by atoms with van der Waals surface area (Å²) in [6.07, 6.45) is -5.22. The molecule has 0 radical (unpaired) electrons. The van der Waals surface area contributed by atoms with Crippen LogP contribution in [0.3, 0.4) is 0 Å². The fourth-order valence-electron chi connectivity index (χ4n) is 1.61. The SMILES string of the molecule is Cc1nn(C)c(NCCCC(F)(F)F)c1C(=O)O. The fraction of sp³-hybridized carbons (Fsp3) is 0.600. The van der Waals surface area contributed by atoms with E-state index in [4.69, 9.17) is 5.11 Å². The zero-order valence-corrected chi connectivity index (χ0v) is 10.0. The number of hydrogen-bond donors (Lipinski definition) is 2. The van der Waals surface area contributed by atoms with Crippen molar-refractivity contribution in [2.24, 2.45) is 7.05 Å². The number of nitrogens with one attached hydrogen (secondary N) is 1. The summed E-state index contributed by atoms with van der Waals surface area (Å²) in [7, 11) is 1.53. The van der Waals surface area contributed by atoms with Crippen molar-refractivity contribution in [2.45, 2.75) is 25.9 Å². The normalized spacial score (nSPS) is 11.6. The maximum absolute atomic E-state index is 11.9. The summed E-state index contributed by atoms with van der Waals surface area (Å²) in [6, 6.07) is 0. The molecule has 0 aliphatic rings. The molecule has 0 unspecified atom stereocenters. The van der Waals surface area contributed by atoms with Crippen LogP contribution in [0.2, 0.25) is 0 Å². The maximum Gasteiger partial charge on any atom is 0.389 e. The molecule has 0 atom stereocenters. The van der Waals surface area contributed by atoms with Gasteiger partial charge in [-0.15, -0.1) is 0 Å². The minimum Gasteiger partial charge on any atom is -0.477 e. The largest absolute Gasteiger partial charge is 0.477 e. The number of nitrogens with zero attached hydrogens (tertiary/aromatic N) is 2. The number of rotatable bonds is 5. The van der Waals surface area contributed by atoms with E-state index in [1.165, 1.54) is 18.7 Å². The van der Waals surface area contributed by atoms with Crippen LogP contribution in [-0.4, -0.2) is 33.6 Å². The summed E-state index contributed by atoms with van der Waals surface area (Å²) in [6.45, 7) is 1.57. The molecule has 1 heterocycles. The molecular formula is C10H14F3N3O2. The number of carboxylic acid groups (broad SMARTS) is 1. The van der Waals surface area contributed by atoms with E-state index in [0.717, 1.165) is 0 Å². The molecule has 1 aromatic heterocycles. The predicted octanol–water partition coefficient (Wildman–Crippen LogP) is 2.18. The van der Waals surface area contributed by atoms with Gasteiger partial charge in [-0.1, -0.05) is 0 Å². The lowest BCUT2D eigenvalue weighted by Gasteiger charge is -2.09. The number of aryl methyl sites for hydroxylation is 2. The Morgan fingerprint density at radius 1 is 1.50 bits per heavy atom. The number of alkyl halides is 3. The number of hydrogen-bond acceptors (Lipinski definition) is 3. The van der Waals surface area contributed by atoms with E-state index in [9.17, 15) is 18.0 Å². The van der Waals surface area contributed by atoms with Gasteiger partial charge in [0.15, 0.2) is 0 Å². The molecule has 102 valence electrons. The van der Waals surface area contributed by atoms with Crippen molar-refractivity contribution in [1.29, 1.82) is 0 Å². The molecule has 5 nitrogen and oxygen atoms in total. The fourth-order valence-corrected chi connectivity index (χ4v) is 1.61. The molecule has 1 rings (SSSR count). The number of anilines is 1. The van der Waals surface area contributed by atoms with Gasteiger partial charge in [-0.05, 0) is 13.3 Å². The van der Waals surface area contributed by atoms with Crippen LogP contribution in [0.15, 0.2) is 0 Å². The summed E-state index contributed by atoms with van der Waals surface area (Å²) in [5, 5.41) is 15.6. The van der Waals surface area contributed by atoms with Crippen molar-refractivity contribution < 1.29 is 23.1 Å². The molecule has 0 saturated carbocycles. The first-order valence-corrected chi connectivity index (χ1v) is 5.30. The maximum atomic E-state index is 11.9. The van der Waals surface area contributed by atoms with E-state index < -0.39 is 18.6 Å². The van der Waals surface area contributed by atoms with Gasteiger partial charge in [-0.2, -0.15) is 18.3 Å². The van der Waals surface area contributed by atoms with Crippen LogP contribution in [0.25, 0.3) is 0 Å². The van der Waals surface area contributed by atoms with Gasteiger partial charge in [-0.25, -0.2) is 4.79 Å². The lowest BCUT2D eigenvalue weighted by atomic mass is 10.2. The van der Waals surface area contributed by atoms with Crippen molar-refractivity contribution in [2.75, 3.05) is 11.9 Å². The lowest BCUT2D eigenvalue weighted by Crippen LogP contribution is -2.14. The molecule has 8 heteroatoms. The van der Waals surface area contributed by atoms with Crippen LogP contribution in [0.4, 0.5) is 19.0 Å². The standard InChI is InChI=1S/C10H14F3N3O2/c1-6-7(9(17)18)8(16(2)15-6)14-5-3-4-10(11,12)13/h14H,3-5H2,1-2H3,(H,17,18). The predicted molar refractivity (Wildman–Crippen MR) is 58.7 cm³/mol. The van der Waals surface area contributed by atoms with Crippen molar-refractivity contribution >= 4 is 11.8 Å². The average molecular weight is 265 g/mol. The van der Waals surface area contributed by atoms with E-state index in [1.807, 2.05) is 0 Å². The van der Waals surface area contributed by atoms with Crippen LogP contribution in [0, 0.1) is 6.92 Å². The molecule has 0 aliphatic carbocycles. The number of carboxylic acids is 1.